The molecule has 0 spiro atoms. The number of carbonyl (C=O) groups is 1. The lowest BCUT2D eigenvalue weighted by atomic mass is 10.1. The highest BCUT2D eigenvalue weighted by Gasteiger charge is 2.15. The summed E-state index contributed by atoms with van der Waals surface area (Å²) in [5, 5.41) is 12.5. The summed E-state index contributed by atoms with van der Waals surface area (Å²) in [5.74, 6) is -2.21. The van der Waals surface area contributed by atoms with Crippen LogP contribution >= 0.6 is 0 Å². The molecule has 1 amide bonds. The molecule has 0 fully saturated rings. The summed E-state index contributed by atoms with van der Waals surface area (Å²) in [4.78, 5) is 11.9. The van der Waals surface area contributed by atoms with E-state index in [-0.39, 0.29) is 17.7 Å². The first kappa shape index (κ1) is 16.1. The van der Waals surface area contributed by atoms with Crippen LogP contribution in [0.4, 0.5) is 8.78 Å². The summed E-state index contributed by atoms with van der Waals surface area (Å²) in [5.41, 5.74) is 0.754. The van der Waals surface area contributed by atoms with Crippen molar-refractivity contribution < 1.29 is 18.7 Å². The molecule has 1 unspecified atom stereocenters. The second-order valence-corrected chi connectivity index (χ2v) is 5.05. The number of nitrogens with one attached hydrogen (secondary N) is 1. The summed E-state index contributed by atoms with van der Waals surface area (Å²) in [6.45, 7) is 1.65. The highest BCUT2D eigenvalue weighted by Crippen LogP contribution is 2.16. The Morgan fingerprint density at radius 2 is 1.86 bits per heavy atom. The molecule has 116 valence electrons. The molecule has 0 aliphatic carbocycles. The Balaban J connectivity index is 1.92. The lowest BCUT2D eigenvalue weighted by molar-refractivity contribution is 0.0938. The Labute approximate surface area is 127 Å². The van der Waals surface area contributed by atoms with Crippen molar-refractivity contribution >= 4 is 5.91 Å². The number of hydrogen-bond donors (Lipinski definition) is 2. The molecule has 2 aromatic rings. The summed E-state index contributed by atoms with van der Waals surface area (Å²) in [7, 11) is 0. The number of rotatable bonds is 5. The molecule has 2 rings (SSSR count). The molecule has 5 heteroatoms. The zero-order chi connectivity index (χ0) is 16.1. The van der Waals surface area contributed by atoms with E-state index in [2.05, 4.69) is 5.32 Å². The molecule has 0 aromatic heterocycles. The van der Waals surface area contributed by atoms with Crippen LogP contribution in [0.3, 0.4) is 0 Å². The molecule has 0 aliphatic rings. The van der Waals surface area contributed by atoms with E-state index < -0.39 is 23.6 Å². The number of benzene rings is 2. The van der Waals surface area contributed by atoms with Crippen molar-refractivity contribution in [3.63, 3.8) is 0 Å². The van der Waals surface area contributed by atoms with Crippen molar-refractivity contribution in [2.24, 2.45) is 0 Å². The van der Waals surface area contributed by atoms with Crippen LogP contribution in [-0.4, -0.2) is 17.6 Å². The number of aryl methyl sites for hydroxylation is 1. The van der Waals surface area contributed by atoms with E-state index in [1.54, 1.807) is 12.1 Å². The van der Waals surface area contributed by atoms with Crippen molar-refractivity contribution in [2.45, 2.75) is 19.4 Å². The molecule has 0 heterocycles. The average molecular weight is 305 g/mol. The quantitative estimate of drug-likeness (QED) is 0.891. The third kappa shape index (κ3) is 3.89. The van der Waals surface area contributed by atoms with Gasteiger partial charge in [0.05, 0.1) is 11.7 Å². The van der Waals surface area contributed by atoms with Crippen LogP contribution in [0.2, 0.25) is 0 Å². The van der Waals surface area contributed by atoms with Crippen molar-refractivity contribution in [3.8, 4) is 0 Å². The maximum atomic E-state index is 13.6. The minimum absolute atomic E-state index is 0.185. The van der Waals surface area contributed by atoms with Gasteiger partial charge in [-0.1, -0.05) is 30.3 Å². The van der Waals surface area contributed by atoms with Crippen molar-refractivity contribution in [3.05, 3.63) is 70.8 Å². The topological polar surface area (TPSA) is 49.3 Å². The lowest BCUT2D eigenvalue weighted by Gasteiger charge is -2.12. The average Bonchev–Trinajstić information content (AvgIpc) is 2.51. The highest BCUT2D eigenvalue weighted by molar-refractivity contribution is 5.94. The minimum Gasteiger partial charge on any atom is -0.388 e. The second-order valence-electron chi connectivity index (χ2n) is 5.05. The number of aliphatic hydroxyl groups is 1. The Morgan fingerprint density at radius 3 is 2.55 bits per heavy atom. The van der Waals surface area contributed by atoms with Gasteiger partial charge in [-0.3, -0.25) is 4.79 Å². The van der Waals surface area contributed by atoms with Crippen LogP contribution in [0.15, 0.2) is 42.5 Å². The van der Waals surface area contributed by atoms with E-state index in [1.807, 2.05) is 18.2 Å². The van der Waals surface area contributed by atoms with Crippen molar-refractivity contribution in [1.82, 2.24) is 5.32 Å². The summed E-state index contributed by atoms with van der Waals surface area (Å²) >= 11 is 0. The molecule has 2 aromatic carbocycles. The Morgan fingerprint density at radius 1 is 1.18 bits per heavy atom. The van der Waals surface area contributed by atoms with E-state index in [1.165, 1.54) is 13.0 Å². The molecule has 0 saturated heterocycles. The zero-order valence-corrected chi connectivity index (χ0v) is 12.1. The van der Waals surface area contributed by atoms with Crippen LogP contribution in [-0.2, 0) is 0 Å². The predicted octanol–water partition coefficient (Wildman–Crippen LogP) is 3.13. The van der Waals surface area contributed by atoms with Crippen LogP contribution in [0.5, 0.6) is 0 Å². The number of aliphatic hydroxyl groups excluding tert-OH is 1. The van der Waals surface area contributed by atoms with Gasteiger partial charge in [0.2, 0.25) is 0 Å². The number of halogens is 2. The Bertz CT molecular complexity index is 659. The third-order valence-corrected chi connectivity index (χ3v) is 3.38. The smallest absolute Gasteiger partial charge is 0.254 e. The standard InChI is InChI=1S/C17H17F2NO2/c1-11-9-13(15(19)10-14(11)18)17(22)20-8-7-16(21)12-5-3-2-4-6-12/h2-6,9-10,16,21H,7-8H2,1H3,(H,20,22). The van der Waals surface area contributed by atoms with E-state index in [9.17, 15) is 18.7 Å². The molecule has 0 radical (unpaired) electrons. The van der Waals surface area contributed by atoms with Gasteiger partial charge in [0.15, 0.2) is 0 Å². The first-order valence-corrected chi connectivity index (χ1v) is 6.96. The molecular weight excluding hydrogens is 288 g/mol. The number of hydrogen-bond acceptors (Lipinski definition) is 2. The monoisotopic (exact) mass is 305 g/mol. The lowest BCUT2D eigenvalue weighted by Crippen LogP contribution is -2.26. The van der Waals surface area contributed by atoms with Gasteiger partial charge in [-0.15, -0.1) is 0 Å². The van der Waals surface area contributed by atoms with Gasteiger partial charge in [0.25, 0.3) is 5.91 Å². The predicted molar refractivity (Wildman–Crippen MR) is 79.4 cm³/mol. The fourth-order valence-corrected chi connectivity index (χ4v) is 2.09. The number of carbonyl (C=O) groups excluding carboxylic acids is 1. The van der Waals surface area contributed by atoms with Crippen LogP contribution in [0, 0.1) is 18.6 Å². The van der Waals surface area contributed by atoms with Crippen LogP contribution < -0.4 is 5.32 Å². The summed E-state index contributed by atoms with van der Waals surface area (Å²) in [6, 6.07) is 10.9. The Hall–Kier alpha value is -2.27. The molecule has 0 bridgehead atoms. The summed E-state index contributed by atoms with van der Waals surface area (Å²) in [6.07, 6.45) is -0.404. The minimum atomic E-state index is -0.899. The maximum absolute atomic E-state index is 13.6. The van der Waals surface area contributed by atoms with E-state index in [0.29, 0.717) is 12.5 Å². The summed E-state index contributed by atoms with van der Waals surface area (Å²) < 4.78 is 26.7. The van der Waals surface area contributed by atoms with Gasteiger partial charge in [-0.2, -0.15) is 0 Å². The molecule has 0 saturated carbocycles. The van der Waals surface area contributed by atoms with E-state index >= 15 is 0 Å². The van der Waals surface area contributed by atoms with Gasteiger partial charge in [-0.05, 0) is 30.5 Å². The third-order valence-electron chi connectivity index (χ3n) is 3.38. The second kappa shape index (κ2) is 7.13. The normalized spacial score (nSPS) is 12.0. The molecule has 2 N–H and O–H groups in total. The fraction of sp³-hybridized carbons (Fsp3) is 0.235. The first-order chi connectivity index (χ1) is 10.5. The first-order valence-electron chi connectivity index (χ1n) is 6.96. The van der Waals surface area contributed by atoms with Gasteiger partial charge in [0.1, 0.15) is 11.6 Å². The zero-order valence-electron chi connectivity index (χ0n) is 12.1. The molecule has 1 atom stereocenters. The van der Waals surface area contributed by atoms with Gasteiger partial charge >= 0.3 is 0 Å². The number of amides is 1. The molecule has 0 aliphatic heterocycles. The van der Waals surface area contributed by atoms with Gasteiger partial charge in [0, 0.05) is 12.6 Å². The maximum Gasteiger partial charge on any atom is 0.254 e. The molecular formula is C17H17F2NO2. The van der Waals surface area contributed by atoms with E-state index in [0.717, 1.165) is 5.56 Å². The Kier molecular flexibility index (Phi) is 5.22. The van der Waals surface area contributed by atoms with Crippen LogP contribution in [0.25, 0.3) is 0 Å². The molecule has 22 heavy (non-hydrogen) atoms. The highest BCUT2D eigenvalue weighted by atomic mass is 19.1. The van der Waals surface area contributed by atoms with E-state index in [4.69, 9.17) is 0 Å². The molecule has 3 nitrogen and oxygen atoms in total. The van der Waals surface area contributed by atoms with Gasteiger partial charge < -0.3 is 10.4 Å². The largest absolute Gasteiger partial charge is 0.388 e. The van der Waals surface area contributed by atoms with Crippen LogP contribution in [0.1, 0.15) is 34.0 Å². The van der Waals surface area contributed by atoms with Gasteiger partial charge in [-0.25, -0.2) is 8.78 Å². The SMILES string of the molecule is Cc1cc(C(=O)NCCC(O)c2ccccc2)c(F)cc1F. The van der Waals surface area contributed by atoms with Crippen molar-refractivity contribution in [1.29, 1.82) is 0 Å². The van der Waals surface area contributed by atoms with Crippen molar-refractivity contribution in [2.75, 3.05) is 6.54 Å². The fourth-order valence-electron chi connectivity index (χ4n) is 2.09.